The van der Waals surface area contributed by atoms with Crippen molar-refractivity contribution < 1.29 is 14.3 Å². The van der Waals surface area contributed by atoms with Gasteiger partial charge in [-0.15, -0.1) is 0 Å². The van der Waals surface area contributed by atoms with Gasteiger partial charge in [-0.1, -0.05) is 101 Å². The second kappa shape index (κ2) is 13.7. The first-order valence-electron chi connectivity index (χ1n) is 14.5. The zero-order valence-electron chi connectivity index (χ0n) is 26.0. The highest BCUT2D eigenvalue weighted by Crippen LogP contribution is 2.60. The maximum Gasteiger partial charge on any atom is 0.408 e. The second-order valence-corrected chi connectivity index (χ2v) is 16.9. The fraction of sp³-hybridized carbons (Fsp3) is 0.429. The molecule has 0 aromatic heterocycles. The molecule has 0 fully saturated rings. The number of benzene rings is 3. The first kappa shape index (κ1) is 32.3. The highest BCUT2D eigenvalue weighted by atomic mass is 31.2. The van der Waals surface area contributed by atoms with E-state index >= 15 is 0 Å². The van der Waals surface area contributed by atoms with E-state index in [1.807, 2.05) is 41.5 Å². The molecule has 41 heavy (non-hydrogen) atoms. The van der Waals surface area contributed by atoms with E-state index in [-0.39, 0.29) is 17.9 Å². The Balaban J connectivity index is 2.04. The number of rotatable bonds is 10. The van der Waals surface area contributed by atoms with Crippen molar-refractivity contribution in [2.45, 2.75) is 79.2 Å². The van der Waals surface area contributed by atoms with Crippen molar-refractivity contribution in [1.29, 1.82) is 0 Å². The van der Waals surface area contributed by atoms with E-state index in [2.05, 4.69) is 115 Å². The Morgan fingerprint density at radius 3 is 1.61 bits per heavy atom. The first-order chi connectivity index (χ1) is 19.2. The maximum absolute atomic E-state index is 14.0. The summed E-state index contributed by atoms with van der Waals surface area (Å²) in [7, 11) is -2.04. The summed E-state index contributed by atoms with van der Waals surface area (Å²) in [6.45, 7) is 15.6. The number of carbonyl (C=O) groups is 2. The quantitative estimate of drug-likeness (QED) is 0.258. The van der Waals surface area contributed by atoms with Crippen molar-refractivity contribution in [3.8, 4) is 0 Å². The Bertz CT molecular complexity index is 1210. The minimum Gasteiger partial charge on any atom is -0.444 e. The van der Waals surface area contributed by atoms with Crippen LogP contribution in [0.3, 0.4) is 0 Å². The topological polar surface area (TPSA) is 67.4 Å². The van der Waals surface area contributed by atoms with Gasteiger partial charge in [0.1, 0.15) is 11.6 Å². The third-order valence-corrected chi connectivity index (χ3v) is 11.7. The Morgan fingerprint density at radius 2 is 1.20 bits per heavy atom. The van der Waals surface area contributed by atoms with Crippen LogP contribution in [-0.4, -0.2) is 35.8 Å². The van der Waals surface area contributed by atoms with Crippen LogP contribution in [0.4, 0.5) is 4.79 Å². The van der Waals surface area contributed by atoms with Gasteiger partial charge in [0, 0.05) is 0 Å². The van der Waals surface area contributed by atoms with Crippen LogP contribution < -0.4 is 21.2 Å². The molecule has 1 unspecified atom stereocenters. The smallest absolute Gasteiger partial charge is 0.408 e. The molecule has 0 aliphatic carbocycles. The summed E-state index contributed by atoms with van der Waals surface area (Å²) in [4.78, 5) is 26.7. The van der Waals surface area contributed by atoms with Crippen LogP contribution >= 0.6 is 7.26 Å². The van der Waals surface area contributed by atoms with Crippen molar-refractivity contribution in [2.75, 3.05) is 6.16 Å². The summed E-state index contributed by atoms with van der Waals surface area (Å²) in [6, 6.07) is 31.3. The summed E-state index contributed by atoms with van der Waals surface area (Å²) in [5, 5.41) is 8.88. The molecular formula is C35H48N2O3P+. The zero-order valence-corrected chi connectivity index (χ0v) is 26.9. The Morgan fingerprint density at radius 1 is 0.732 bits per heavy atom. The average Bonchev–Trinajstić information content (AvgIpc) is 2.90. The predicted octanol–water partition coefficient (Wildman–Crippen LogP) is 6.94. The molecule has 0 aliphatic heterocycles. The van der Waals surface area contributed by atoms with E-state index < -0.39 is 30.4 Å². The predicted molar refractivity (Wildman–Crippen MR) is 173 cm³/mol. The first-order valence-corrected chi connectivity index (χ1v) is 16.7. The third kappa shape index (κ3) is 9.16. The van der Waals surface area contributed by atoms with Crippen LogP contribution in [0.5, 0.6) is 0 Å². The minimum absolute atomic E-state index is 0.120. The number of hydrogen-bond acceptors (Lipinski definition) is 3. The molecule has 0 bridgehead atoms. The van der Waals surface area contributed by atoms with E-state index in [1.54, 1.807) is 0 Å². The van der Waals surface area contributed by atoms with Crippen molar-refractivity contribution in [3.63, 3.8) is 0 Å². The van der Waals surface area contributed by atoms with Crippen LogP contribution in [0, 0.1) is 11.3 Å². The van der Waals surface area contributed by atoms with Gasteiger partial charge in [0.05, 0.1) is 36.2 Å². The summed E-state index contributed by atoms with van der Waals surface area (Å²) >= 11 is 0. The summed E-state index contributed by atoms with van der Waals surface area (Å²) in [5.41, 5.74) is 0.107. The molecule has 3 aromatic rings. The van der Waals surface area contributed by atoms with Crippen LogP contribution in [0.1, 0.15) is 61.0 Å². The van der Waals surface area contributed by atoms with Gasteiger partial charge in [0.25, 0.3) is 0 Å². The van der Waals surface area contributed by atoms with Crippen molar-refractivity contribution >= 4 is 29.9 Å². The van der Waals surface area contributed by atoms with E-state index in [4.69, 9.17) is 4.74 Å². The normalized spacial score (nSPS) is 13.8. The fourth-order valence-electron chi connectivity index (χ4n) is 5.05. The fourth-order valence-corrected chi connectivity index (χ4v) is 9.77. The number of carbonyl (C=O) groups excluding carboxylic acids is 2. The van der Waals surface area contributed by atoms with Crippen molar-refractivity contribution in [3.05, 3.63) is 96.6 Å². The molecule has 0 aliphatic rings. The lowest BCUT2D eigenvalue weighted by atomic mass is 9.86. The number of hydrogen-bond donors (Lipinski definition) is 2. The number of amides is 2. The molecule has 5 nitrogen and oxygen atoms in total. The Kier molecular flexibility index (Phi) is 10.8. The summed E-state index contributed by atoms with van der Waals surface area (Å²) in [5.74, 6) is -0.0235. The molecule has 220 valence electrons. The van der Waals surface area contributed by atoms with Gasteiger partial charge in [-0.25, -0.2) is 4.79 Å². The molecule has 2 amide bonds. The van der Waals surface area contributed by atoms with Crippen molar-refractivity contribution in [1.82, 2.24) is 10.6 Å². The van der Waals surface area contributed by atoms with E-state index in [9.17, 15) is 9.59 Å². The van der Waals surface area contributed by atoms with Gasteiger partial charge in [-0.2, -0.15) is 0 Å². The molecule has 3 rings (SSSR count). The van der Waals surface area contributed by atoms with Gasteiger partial charge in [0.2, 0.25) is 5.91 Å². The second-order valence-electron chi connectivity index (χ2n) is 13.3. The van der Waals surface area contributed by atoms with Crippen LogP contribution in [0.15, 0.2) is 91.0 Å². The summed E-state index contributed by atoms with van der Waals surface area (Å²) < 4.78 is 5.50. The molecule has 0 radical (unpaired) electrons. The lowest BCUT2D eigenvalue weighted by molar-refractivity contribution is -0.126. The Hall–Kier alpha value is -3.17. The molecule has 3 aromatic carbocycles. The SMILES string of the molecule is CC(C)[C@@H](C[P+](Cc1ccccc1)(c1ccccc1)c1ccccc1)NC(=O)C(NC(=O)OC(C)(C)C)C(C)(C)C. The van der Waals surface area contributed by atoms with E-state index in [1.165, 1.54) is 16.2 Å². The number of alkyl carbamates (subject to hydrolysis) is 1. The summed E-state index contributed by atoms with van der Waals surface area (Å²) in [6.07, 6.45) is 1.09. The number of ether oxygens (including phenoxy) is 1. The van der Waals surface area contributed by atoms with Gasteiger partial charge in [-0.3, -0.25) is 4.79 Å². The molecule has 0 saturated carbocycles. The van der Waals surface area contributed by atoms with Crippen molar-refractivity contribution in [2.24, 2.45) is 11.3 Å². The highest BCUT2D eigenvalue weighted by molar-refractivity contribution is 7.88. The van der Waals surface area contributed by atoms with E-state index in [0.717, 1.165) is 12.3 Å². The van der Waals surface area contributed by atoms with Crippen LogP contribution in [-0.2, 0) is 15.7 Å². The van der Waals surface area contributed by atoms with Crippen LogP contribution in [0.2, 0.25) is 0 Å². The van der Waals surface area contributed by atoms with Gasteiger partial charge < -0.3 is 15.4 Å². The van der Waals surface area contributed by atoms with Gasteiger partial charge >= 0.3 is 6.09 Å². The molecule has 2 atom stereocenters. The molecule has 0 spiro atoms. The van der Waals surface area contributed by atoms with Gasteiger partial charge in [0.15, 0.2) is 0 Å². The standard InChI is InChI=1S/C35H47N2O3P/c1-26(2)30(36-32(38)31(34(3,4)5)37-33(39)40-35(6,7)8)25-41(28-20-14-10-15-21-28,29-22-16-11-17-23-29)24-27-18-12-9-13-19-27/h9-23,26,30-31H,24-25H2,1-8H3,(H-,36,37,38,39)/p+1/t30-,31?/m1/s1. The zero-order chi connectivity index (χ0) is 30.3. The monoisotopic (exact) mass is 575 g/mol. The van der Waals surface area contributed by atoms with E-state index in [0.29, 0.717) is 0 Å². The molecule has 0 saturated heterocycles. The Labute approximate surface area is 247 Å². The molecule has 2 N–H and O–H groups in total. The third-order valence-electron chi connectivity index (χ3n) is 7.23. The average molecular weight is 576 g/mol. The minimum atomic E-state index is -2.04. The van der Waals surface area contributed by atoms with Gasteiger partial charge in [-0.05, 0) is 61.9 Å². The maximum atomic E-state index is 14.0. The lowest BCUT2D eigenvalue weighted by Crippen LogP contribution is -2.57. The largest absolute Gasteiger partial charge is 0.444 e. The van der Waals surface area contributed by atoms with Crippen LogP contribution in [0.25, 0.3) is 0 Å². The molecule has 6 heteroatoms. The number of nitrogens with one attached hydrogen (secondary N) is 2. The highest BCUT2D eigenvalue weighted by Gasteiger charge is 2.46. The molecule has 0 heterocycles. The lowest BCUT2D eigenvalue weighted by Gasteiger charge is -2.36. The molecular weight excluding hydrogens is 527 g/mol.